The second kappa shape index (κ2) is 6.99. The van der Waals surface area contributed by atoms with Gasteiger partial charge in [0.25, 0.3) is 0 Å². The predicted octanol–water partition coefficient (Wildman–Crippen LogP) is 2.80. The first kappa shape index (κ1) is 14.5. The van der Waals surface area contributed by atoms with Crippen LogP contribution in [0.25, 0.3) is 0 Å². The first-order chi connectivity index (χ1) is 8.00. The lowest BCUT2D eigenvalue weighted by Crippen LogP contribution is -2.15. The Morgan fingerprint density at radius 3 is 2.65 bits per heavy atom. The van der Waals surface area contributed by atoms with Crippen LogP contribution in [0, 0.1) is 0 Å². The van der Waals surface area contributed by atoms with E-state index in [4.69, 9.17) is 10.5 Å². The van der Waals surface area contributed by atoms with Gasteiger partial charge in [0.1, 0.15) is 5.75 Å². The van der Waals surface area contributed by atoms with Gasteiger partial charge in [-0.2, -0.15) is 0 Å². The highest BCUT2D eigenvalue weighted by Crippen LogP contribution is 2.26. The van der Waals surface area contributed by atoms with E-state index in [9.17, 15) is 0 Å². The minimum Gasteiger partial charge on any atom is -0.494 e. The van der Waals surface area contributed by atoms with Crippen LogP contribution in [0.15, 0.2) is 22.7 Å². The molecule has 0 aliphatic rings. The van der Waals surface area contributed by atoms with Crippen LogP contribution in [0.3, 0.4) is 0 Å². The summed E-state index contributed by atoms with van der Waals surface area (Å²) in [5.41, 5.74) is 6.95. The van der Waals surface area contributed by atoms with E-state index in [1.54, 1.807) is 0 Å². The van der Waals surface area contributed by atoms with Gasteiger partial charge >= 0.3 is 0 Å². The molecule has 0 bridgehead atoms. The normalized spacial score (nSPS) is 12.8. The lowest BCUT2D eigenvalue weighted by Gasteiger charge is -2.12. The van der Waals surface area contributed by atoms with Crippen molar-refractivity contribution in [2.24, 2.45) is 5.73 Å². The molecular formula is C13H21BrN2O. The summed E-state index contributed by atoms with van der Waals surface area (Å²) >= 11 is 3.51. The van der Waals surface area contributed by atoms with Crippen molar-refractivity contribution in [1.82, 2.24) is 4.90 Å². The molecule has 17 heavy (non-hydrogen) atoms. The molecule has 0 saturated heterocycles. The number of ether oxygens (including phenoxy) is 1. The van der Waals surface area contributed by atoms with Crippen LogP contribution in [0.4, 0.5) is 0 Å². The molecule has 0 spiro atoms. The first-order valence-electron chi connectivity index (χ1n) is 5.83. The zero-order valence-corrected chi connectivity index (χ0v) is 12.3. The Balaban J connectivity index is 2.47. The van der Waals surface area contributed by atoms with Crippen LogP contribution in [0.5, 0.6) is 5.75 Å². The topological polar surface area (TPSA) is 38.5 Å². The third-order valence-corrected chi connectivity index (χ3v) is 3.17. The molecule has 3 nitrogen and oxygen atoms in total. The number of rotatable bonds is 6. The summed E-state index contributed by atoms with van der Waals surface area (Å²) in [7, 11) is 4.13. The molecule has 96 valence electrons. The molecule has 0 heterocycles. The summed E-state index contributed by atoms with van der Waals surface area (Å²) in [6.07, 6.45) is 1.03. The van der Waals surface area contributed by atoms with Crippen LogP contribution in [-0.2, 0) is 0 Å². The van der Waals surface area contributed by atoms with E-state index in [0.29, 0.717) is 0 Å². The van der Waals surface area contributed by atoms with Gasteiger partial charge < -0.3 is 15.4 Å². The van der Waals surface area contributed by atoms with E-state index >= 15 is 0 Å². The molecule has 1 aromatic carbocycles. The van der Waals surface area contributed by atoms with E-state index in [-0.39, 0.29) is 6.04 Å². The van der Waals surface area contributed by atoms with Gasteiger partial charge in [0.2, 0.25) is 0 Å². The Kier molecular flexibility index (Phi) is 5.95. The number of hydrogen-bond donors (Lipinski definition) is 1. The third-order valence-electron chi connectivity index (χ3n) is 2.48. The van der Waals surface area contributed by atoms with Gasteiger partial charge in [-0.15, -0.1) is 0 Å². The van der Waals surface area contributed by atoms with Gasteiger partial charge in [0, 0.05) is 17.1 Å². The Morgan fingerprint density at radius 1 is 1.41 bits per heavy atom. The van der Waals surface area contributed by atoms with Gasteiger partial charge in [0.15, 0.2) is 0 Å². The van der Waals surface area contributed by atoms with E-state index in [0.717, 1.165) is 35.4 Å². The molecular weight excluding hydrogens is 280 g/mol. The van der Waals surface area contributed by atoms with Crippen molar-refractivity contribution in [2.75, 3.05) is 27.2 Å². The fourth-order valence-corrected chi connectivity index (χ4v) is 2.26. The predicted molar refractivity (Wildman–Crippen MR) is 75.4 cm³/mol. The lowest BCUT2D eigenvalue weighted by atomic mass is 10.1. The minimum absolute atomic E-state index is 0.0344. The summed E-state index contributed by atoms with van der Waals surface area (Å²) in [5, 5.41) is 0. The van der Waals surface area contributed by atoms with Gasteiger partial charge in [-0.05, 0) is 45.1 Å². The van der Waals surface area contributed by atoms with Gasteiger partial charge in [-0.25, -0.2) is 0 Å². The van der Waals surface area contributed by atoms with Crippen molar-refractivity contribution in [1.29, 1.82) is 0 Å². The van der Waals surface area contributed by atoms with Gasteiger partial charge in [-0.1, -0.05) is 22.0 Å². The molecule has 0 aliphatic carbocycles. The molecule has 0 radical (unpaired) electrons. The highest BCUT2D eigenvalue weighted by molar-refractivity contribution is 9.10. The molecule has 1 rings (SSSR count). The average molecular weight is 301 g/mol. The smallest absolute Gasteiger partial charge is 0.120 e. The van der Waals surface area contributed by atoms with Crippen molar-refractivity contribution in [3.63, 3.8) is 0 Å². The zero-order valence-electron chi connectivity index (χ0n) is 10.7. The second-order valence-electron chi connectivity index (χ2n) is 4.48. The van der Waals surface area contributed by atoms with Crippen molar-refractivity contribution >= 4 is 15.9 Å². The highest BCUT2D eigenvalue weighted by Gasteiger charge is 2.06. The van der Waals surface area contributed by atoms with Crippen LogP contribution < -0.4 is 10.5 Å². The molecule has 1 aromatic rings. The second-order valence-corrected chi connectivity index (χ2v) is 5.33. The summed E-state index contributed by atoms with van der Waals surface area (Å²) in [6.45, 7) is 3.75. The standard InChI is InChI=1S/C13H21BrN2O/c1-10(15)12-6-5-11(9-13(12)14)17-8-4-7-16(2)3/h5-6,9-10H,4,7-8,15H2,1-3H3. The van der Waals surface area contributed by atoms with Crippen molar-refractivity contribution in [2.45, 2.75) is 19.4 Å². The maximum absolute atomic E-state index is 5.84. The van der Waals surface area contributed by atoms with Crippen molar-refractivity contribution in [3.05, 3.63) is 28.2 Å². The molecule has 1 atom stereocenters. The van der Waals surface area contributed by atoms with E-state index in [1.807, 2.05) is 25.1 Å². The number of halogens is 1. The third kappa shape index (κ3) is 5.06. The number of benzene rings is 1. The molecule has 0 aliphatic heterocycles. The van der Waals surface area contributed by atoms with E-state index in [2.05, 4.69) is 34.9 Å². The van der Waals surface area contributed by atoms with Crippen LogP contribution in [0.2, 0.25) is 0 Å². The largest absolute Gasteiger partial charge is 0.494 e. The lowest BCUT2D eigenvalue weighted by molar-refractivity contribution is 0.281. The quantitative estimate of drug-likeness (QED) is 0.821. The molecule has 0 amide bonds. The highest BCUT2D eigenvalue weighted by atomic mass is 79.9. The molecule has 2 N–H and O–H groups in total. The van der Waals surface area contributed by atoms with Gasteiger partial charge in [0.05, 0.1) is 6.61 Å². The fourth-order valence-electron chi connectivity index (χ4n) is 1.54. The van der Waals surface area contributed by atoms with E-state index in [1.165, 1.54) is 0 Å². The maximum atomic E-state index is 5.84. The number of hydrogen-bond acceptors (Lipinski definition) is 3. The maximum Gasteiger partial charge on any atom is 0.120 e. The number of nitrogens with two attached hydrogens (primary N) is 1. The Hall–Kier alpha value is -0.580. The number of nitrogens with zero attached hydrogens (tertiary/aromatic N) is 1. The summed E-state index contributed by atoms with van der Waals surface area (Å²) < 4.78 is 6.69. The van der Waals surface area contributed by atoms with E-state index < -0.39 is 0 Å². The van der Waals surface area contributed by atoms with Crippen molar-refractivity contribution in [3.8, 4) is 5.75 Å². The summed E-state index contributed by atoms with van der Waals surface area (Å²) in [5.74, 6) is 0.889. The van der Waals surface area contributed by atoms with Crippen molar-refractivity contribution < 1.29 is 4.74 Å². The average Bonchev–Trinajstić information content (AvgIpc) is 2.23. The van der Waals surface area contributed by atoms with Crippen LogP contribution in [0.1, 0.15) is 24.9 Å². The monoisotopic (exact) mass is 300 g/mol. The van der Waals surface area contributed by atoms with Gasteiger partial charge in [-0.3, -0.25) is 0 Å². The zero-order chi connectivity index (χ0) is 12.8. The Morgan fingerprint density at radius 2 is 2.12 bits per heavy atom. The molecule has 0 aromatic heterocycles. The minimum atomic E-state index is 0.0344. The molecule has 0 saturated carbocycles. The SMILES string of the molecule is CC(N)c1ccc(OCCCN(C)C)cc1Br. The van der Waals surface area contributed by atoms with Crippen LogP contribution in [-0.4, -0.2) is 32.1 Å². The molecule has 1 unspecified atom stereocenters. The molecule has 0 fully saturated rings. The fraction of sp³-hybridized carbons (Fsp3) is 0.538. The van der Waals surface area contributed by atoms with Crippen LogP contribution >= 0.6 is 15.9 Å². The summed E-state index contributed by atoms with van der Waals surface area (Å²) in [6, 6.07) is 6.00. The Bertz CT molecular complexity index is 353. The first-order valence-corrected chi connectivity index (χ1v) is 6.62. The summed E-state index contributed by atoms with van der Waals surface area (Å²) in [4.78, 5) is 2.15. The molecule has 4 heteroatoms. The Labute approximate surface area is 112 Å².